The molecule has 0 saturated heterocycles. The normalized spacial score (nSPS) is 13.5. The minimum atomic E-state index is -1.03. The predicted molar refractivity (Wildman–Crippen MR) is 315 cm³/mol. The van der Waals surface area contributed by atoms with Gasteiger partial charge in [0.2, 0.25) is 23.6 Å². The molecule has 1 aromatic carbocycles. The predicted octanol–water partition coefficient (Wildman–Crippen LogP) is 12.3. The molecule has 0 aliphatic heterocycles. The second kappa shape index (κ2) is 42.9. The molecule has 4 amide bonds. The summed E-state index contributed by atoms with van der Waals surface area (Å²) in [5.41, 5.74) is 13.4. The summed E-state index contributed by atoms with van der Waals surface area (Å²) in [6.07, 6.45) is 32.4. The largest absolute Gasteiger partial charge is 0.369 e. The second-order valence-electron chi connectivity index (χ2n) is 22.3. The number of hydrogen-bond donors (Lipinski definition) is 7. The van der Waals surface area contributed by atoms with Crippen LogP contribution in [0.2, 0.25) is 0 Å². The maximum absolute atomic E-state index is 14.3. The molecule has 8 N–H and O–H groups in total. The summed E-state index contributed by atoms with van der Waals surface area (Å²) < 4.78 is 0. The van der Waals surface area contributed by atoms with Gasteiger partial charge in [-0.3, -0.25) is 33.6 Å². The smallest absolute Gasteiger partial charge is 0.224 e. The SMILES string of the molecule is CCCCCCCCCCCCCC(=O)C[C@@H](CCCCNC(=O)CCCCCCCCCCCCC)C(=O)N[C@H](C(=O)C[C@@H](CCCCN)C(=O)N[C@@H](CS)C(=O)C[C@@H](Cc1c[nH]c2ccccc12)C(N)=O)C(C)C. The third kappa shape index (κ3) is 30.2. The molecule has 2 rings (SSSR count). The lowest BCUT2D eigenvalue weighted by molar-refractivity contribution is -0.135. The quantitative estimate of drug-likeness (QED) is 0.0249. The standard InChI is InChI=1S/C62H106N6O7S/c1-5-7-9-11-13-15-17-19-21-23-25-35-52(69)42-48(34-30-32-40-65-58(72)38-26-24-22-20-18-16-14-12-10-8-6-2)62(75)68-59(47(3)4)57(71)43-49(33-29-31-39-63)61(74)67-55(46-76)56(70)44-50(60(64)73)41-51-45-66-54-37-28-27-36-53(51)54/h27-28,36-37,45,47-50,55,59,66,76H,5-26,29-35,38-44,46,63H2,1-4H3,(H2,64,73)(H,65,72)(H,67,74)(H,68,75)/t48-,49-,50-,55+,59+/m1/s1. The fourth-order valence-corrected chi connectivity index (χ4v) is 10.6. The Morgan fingerprint density at radius 2 is 1.08 bits per heavy atom. The zero-order valence-electron chi connectivity index (χ0n) is 48.0. The van der Waals surface area contributed by atoms with Gasteiger partial charge in [0, 0.05) is 79.3 Å². The molecule has 0 aliphatic rings. The van der Waals surface area contributed by atoms with Gasteiger partial charge in [-0.15, -0.1) is 0 Å². The number of aromatic amines is 1. The second-order valence-corrected chi connectivity index (χ2v) is 22.7. The van der Waals surface area contributed by atoms with Gasteiger partial charge in [-0.2, -0.15) is 12.6 Å². The highest BCUT2D eigenvalue weighted by molar-refractivity contribution is 7.80. The molecule has 1 heterocycles. The van der Waals surface area contributed by atoms with Gasteiger partial charge in [0.15, 0.2) is 11.6 Å². The van der Waals surface area contributed by atoms with Crippen molar-refractivity contribution in [2.24, 2.45) is 35.1 Å². The molecule has 2 aromatic rings. The molecule has 0 bridgehead atoms. The van der Waals surface area contributed by atoms with Crippen molar-refractivity contribution in [3.05, 3.63) is 36.0 Å². The summed E-state index contributed by atoms with van der Waals surface area (Å²) in [5.74, 6) is -4.73. The van der Waals surface area contributed by atoms with Crippen LogP contribution in [0.5, 0.6) is 0 Å². The van der Waals surface area contributed by atoms with E-state index in [-0.39, 0.29) is 60.7 Å². The Bertz CT molecular complexity index is 1940. The van der Waals surface area contributed by atoms with Gasteiger partial charge in [0.05, 0.1) is 12.1 Å². The van der Waals surface area contributed by atoms with Gasteiger partial charge < -0.3 is 32.4 Å². The average molecular weight is 1080 g/mol. The lowest BCUT2D eigenvalue weighted by atomic mass is 9.87. The molecule has 0 aliphatic carbocycles. The number of para-hydroxylation sites is 1. The highest BCUT2D eigenvalue weighted by Gasteiger charge is 2.34. The molecule has 1 aromatic heterocycles. The summed E-state index contributed by atoms with van der Waals surface area (Å²) in [4.78, 5) is 98.3. The number of nitrogens with one attached hydrogen (secondary N) is 4. The molecule has 0 unspecified atom stereocenters. The van der Waals surface area contributed by atoms with E-state index in [0.717, 1.165) is 55.0 Å². The first-order chi connectivity index (χ1) is 36.8. The Kier molecular flexibility index (Phi) is 38.4. The van der Waals surface area contributed by atoms with Gasteiger partial charge in [-0.1, -0.05) is 187 Å². The monoisotopic (exact) mass is 1080 g/mol. The Hall–Kier alpha value is -4.04. The molecule has 0 saturated carbocycles. The van der Waals surface area contributed by atoms with Crippen molar-refractivity contribution in [1.29, 1.82) is 0 Å². The van der Waals surface area contributed by atoms with Crippen molar-refractivity contribution in [3.63, 3.8) is 0 Å². The van der Waals surface area contributed by atoms with E-state index in [1.807, 2.05) is 44.3 Å². The number of thiol groups is 1. The summed E-state index contributed by atoms with van der Waals surface area (Å²) in [7, 11) is 0. The van der Waals surface area contributed by atoms with Crippen LogP contribution in [0.25, 0.3) is 10.9 Å². The first-order valence-electron chi connectivity index (χ1n) is 30.4. The Morgan fingerprint density at radius 3 is 1.62 bits per heavy atom. The van der Waals surface area contributed by atoms with E-state index in [2.05, 4.69) is 47.4 Å². The van der Waals surface area contributed by atoms with Crippen LogP contribution in [0.4, 0.5) is 0 Å². The molecule has 76 heavy (non-hydrogen) atoms. The number of benzene rings is 1. The maximum atomic E-state index is 14.3. The van der Waals surface area contributed by atoms with Gasteiger partial charge in [0.25, 0.3) is 0 Å². The van der Waals surface area contributed by atoms with Crippen molar-refractivity contribution in [2.75, 3.05) is 18.8 Å². The van der Waals surface area contributed by atoms with Gasteiger partial charge in [-0.25, -0.2) is 0 Å². The highest BCUT2D eigenvalue weighted by atomic mass is 32.1. The third-order valence-corrected chi connectivity index (χ3v) is 15.6. The number of rotatable bonds is 50. The maximum Gasteiger partial charge on any atom is 0.224 e. The molecular formula is C62H106N6O7S. The van der Waals surface area contributed by atoms with Crippen LogP contribution in [0.1, 0.15) is 245 Å². The van der Waals surface area contributed by atoms with E-state index in [1.165, 1.54) is 103 Å². The third-order valence-electron chi connectivity index (χ3n) is 15.2. The van der Waals surface area contributed by atoms with E-state index in [0.29, 0.717) is 64.5 Å². The lowest BCUT2D eigenvalue weighted by Gasteiger charge is -2.27. The molecule has 432 valence electrons. The number of carbonyl (C=O) groups is 7. The number of fused-ring (bicyclic) bond motifs is 1. The number of carbonyl (C=O) groups excluding carboxylic acids is 7. The first kappa shape index (κ1) is 68.1. The first-order valence-corrected chi connectivity index (χ1v) is 31.0. The Morgan fingerprint density at radius 1 is 0.579 bits per heavy atom. The van der Waals surface area contributed by atoms with Crippen molar-refractivity contribution in [1.82, 2.24) is 20.9 Å². The zero-order valence-corrected chi connectivity index (χ0v) is 48.9. The molecule has 0 spiro atoms. The van der Waals surface area contributed by atoms with E-state index in [1.54, 1.807) is 0 Å². The minimum absolute atomic E-state index is 0.0253. The van der Waals surface area contributed by atoms with Crippen LogP contribution in [-0.4, -0.2) is 76.9 Å². The van der Waals surface area contributed by atoms with Crippen LogP contribution in [-0.2, 0) is 40.0 Å². The van der Waals surface area contributed by atoms with E-state index >= 15 is 0 Å². The number of H-pyrrole nitrogens is 1. The van der Waals surface area contributed by atoms with Crippen LogP contribution in [0, 0.1) is 23.7 Å². The number of aromatic nitrogens is 1. The fourth-order valence-electron chi connectivity index (χ4n) is 10.3. The zero-order chi connectivity index (χ0) is 55.8. The van der Waals surface area contributed by atoms with Crippen LogP contribution < -0.4 is 27.4 Å². The lowest BCUT2D eigenvalue weighted by Crippen LogP contribution is -2.49. The molecule has 13 nitrogen and oxygen atoms in total. The number of ketones is 3. The Balaban J connectivity index is 2.05. The Labute approximate surface area is 465 Å². The van der Waals surface area contributed by atoms with Crippen molar-refractivity contribution >= 4 is 64.5 Å². The molecule has 0 fully saturated rings. The van der Waals surface area contributed by atoms with Crippen LogP contribution in [0.15, 0.2) is 30.5 Å². The topological polar surface area (TPSA) is 223 Å². The number of primary amides is 1. The van der Waals surface area contributed by atoms with Crippen LogP contribution >= 0.6 is 12.6 Å². The van der Waals surface area contributed by atoms with Crippen molar-refractivity contribution in [3.8, 4) is 0 Å². The summed E-state index contributed by atoms with van der Waals surface area (Å²) in [6, 6.07) is 5.72. The van der Waals surface area contributed by atoms with Gasteiger partial charge in [-0.05, 0) is 69.0 Å². The number of nitrogens with two attached hydrogens (primary N) is 2. The number of unbranched alkanes of at least 4 members (excludes halogenated alkanes) is 22. The summed E-state index contributed by atoms with van der Waals surface area (Å²) in [6.45, 7) is 9.07. The number of hydrogen-bond acceptors (Lipinski definition) is 9. The number of amides is 4. The van der Waals surface area contributed by atoms with Crippen molar-refractivity contribution in [2.45, 2.75) is 258 Å². The van der Waals surface area contributed by atoms with Crippen molar-refractivity contribution < 1.29 is 33.6 Å². The highest BCUT2D eigenvalue weighted by Crippen LogP contribution is 2.25. The van der Waals surface area contributed by atoms with E-state index < -0.39 is 47.4 Å². The average Bonchev–Trinajstić information content (AvgIpc) is 3.81. The molecule has 0 radical (unpaired) electrons. The molecular weight excluding hydrogens is 973 g/mol. The molecule has 14 heteroatoms. The fraction of sp³-hybridized carbons (Fsp3) is 0.758. The molecule has 5 atom stereocenters. The summed E-state index contributed by atoms with van der Waals surface area (Å²) in [5, 5.41) is 9.83. The van der Waals surface area contributed by atoms with Gasteiger partial charge in [0.1, 0.15) is 5.78 Å². The van der Waals surface area contributed by atoms with E-state index in [4.69, 9.17) is 11.5 Å². The summed E-state index contributed by atoms with van der Waals surface area (Å²) >= 11 is 4.40. The van der Waals surface area contributed by atoms with Gasteiger partial charge >= 0.3 is 0 Å². The minimum Gasteiger partial charge on any atom is -0.369 e. The van der Waals surface area contributed by atoms with E-state index in [9.17, 15) is 33.6 Å². The number of Topliss-reactive ketones (excluding diaryl/α,β-unsaturated/α-hetero) is 3. The van der Waals surface area contributed by atoms with Crippen LogP contribution in [0.3, 0.4) is 0 Å².